The van der Waals surface area contributed by atoms with Crippen molar-refractivity contribution in [1.82, 2.24) is 4.90 Å². The van der Waals surface area contributed by atoms with E-state index < -0.39 is 11.7 Å². The molecule has 0 saturated carbocycles. The highest BCUT2D eigenvalue weighted by molar-refractivity contribution is 5.81. The van der Waals surface area contributed by atoms with E-state index in [4.69, 9.17) is 4.74 Å². The standard InChI is InChI=1S/C17H25NO3/c1-13-6-4-7-15(12-13)21-14(2)16(19)18-10-5-8-17(3,20)9-11-18/h4,6-7,12,14,20H,5,8-11H2,1-3H3. The average molecular weight is 291 g/mol. The van der Waals surface area contributed by atoms with Crippen molar-refractivity contribution in [2.45, 2.75) is 51.7 Å². The Kier molecular flexibility index (Phi) is 4.88. The molecule has 1 fully saturated rings. The first kappa shape index (κ1) is 15.8. The lowest BCUT2D eigenvalue weighted by Crippen LogP contribution is -2.41. The Morgan fingerprint density at radius 3 is 2.86 bits per heavy atom. The molecule has 0 radical (unpaired) electrons. The number of aryl methyl sites for hydroxylation is 1. The van der Waals surface area contributed by atoms with Gasteiger partial charge in [0.05, 0.1) is 5.60 Å². The van der Waals surface area contributed by atoms with Crippen LogP contribution >= 0.6 is 0 Å². The van der Waals surface area contributed by atoms with E-state index in [1.807, 2.05) is 43.0 Å². The molecule has 1 aliphatic heterocycles. The molecule has 4 nitrogen and oxygen atoms in total. The number of ether oxygens (including phenoxy) is 1. The van der Waals surface area contributed by atoms with Crippen LogP contribution in [0.1, 0.15) is 38.7 Å². The van der Waals surface area contributed by atoms with Crippen molar-refractivity contribution >= 4 is 5.91 Å². The Morgan fingerprint density at radius 1 is 1.38 bits per heavy atom. The monoisotopic (exact) mass is 291 g/mol. The second-order valence-electron chi connectivity index (χ2n) is 6.25. The molecule has 116 valence electrons. The van der Waals surface area contributed by atoms with Gasteiger partial charge in [0, 0.05) is 13.1 Å². The van der Waals surface area contributed by atoms with Crippen LogP contribution in [0.15, 0.2) is 24.3 Å². The molecule has 0 bridgehead atoms. The zero-order valence-electron chi connectivity index (χ0n) is 13.1. The third-order valence-corrected chi connectivity index (χ3v) is 4.03. The van der Waals surface area contributed by atoms with Crippen LogP contribution in [0.25, 0.3) is 0 Å². The van der Waals surface area contributed by atoms with E-state index in [2.05, 4.69) is 0 Å². The molecular formula is C17H25NO3. The Labute approximate surface area is 126 Å². The fourth-order valence-electron chi connectivity index (χ4n) is 2.68. The molecule has 2 rings (SSSR count). The Hall–Kier alpha value is -1.55. The van der Waals surface area contributed by atoms with Crippen molar-refractivity contribution in [3.05, 3.63) is 29.8 Å². The molecule has 0 aromatic heterocycles. The largest absolute Gasteiger partial charge is 0.481 e. The number of benzene rings is 1. The third kappa shape index (κ3) is 4.46. The van der Waals surface area contributed by atoms with Crippen molar-refractivity contribution in [1.29, 1.82) is 0 Å². The minimum Gasteiger partial charge on any atom is -0.481 e. The molecule has 4 heteroatoms. The molecule has 1 heterocycles. The second kappa shape index (κ2) is 6.48. The van der Waals surface area contributed by atoms with E-state index >= 15 is 0 Å². The summed E-state index contributed by atoms with van der Waals surface area (Å²) < 4.78 is 5.75. The van der Waals surface area contributed by atoms with Gasteiger partial charge in [-0.2, -0.15) is 0 Å². The van der Waals surface area contributed by atoms with Crippen LogP contribution < -0.4 is 4.74 Å². The van der Waals surface area contributed by atoms with Gasteiger partial charge in [0.2, 0.25) is 0 Å². The van der Waals surface area contributed by atoms with E-state index in [0.29, 0.717) is 19.5 Å². The van der Waals surface area contributed by atoms with Gasteiger partial charge in [-0.25, -0.2) is 0 Å². The smallest absolute Gasteiger partial charge is 0.263 e. The molecule has 1 aromatic carbocycles. The lowest BCUT2D eigenvalue weighted by atomic mass is 9.98. The highest BCUT2D eigenvalue weighted by Gasteiger charge is 2.29. The topological polar surface area (TPSA) is 49.8 Å². The number of hydrogen-bond donors (Lipinski definition) is 1. The summed E-state index contributed by atoms with van der Waals surface area (Å²) in [6.45, 7) is 6.90. The SMILES string of the molecule is Cc1cccc(OC(C)C(=O)N2CCCC(C)(O)CC2)c1. The molecular weight excluding hydrogens is 266 g/mol. The first-order valence-corrected chi connectivity index (χ1v) is 7.62. The number of likely N-dealkylation sites (tertiary alicyclic amines) is 1. The number of nitrogens with zero attached hydrogens (tertiary/aromatic N) is 1. The fourth-order valence-corrected chi connectivity index (χ4v) is 2.68. The molecule has 0 spiro atoms. The molecule has 1 N–H and O–H groups in total. The van der Waals surface area contributed by atoms with Crippen molar-refractivity contribution in [3.63, 3.8) is 0 Å². The maximum atomic E-state index is 12.5. The molecule has 1 saturated heterocycles. The van der Waals surface area contributed by atoms with Gasteiger partial charge < -0.3 is 14.7 Å². The summed E-state index contributed by atoms with van der Waals surface area (Å²) in [5.74, 6) is 0.715. The Bertz CT molecular complexity index is 499. The summed E-state index contributed by atoms with van der Waals surface area (Å²) in [6, 6.07) is 7.71. The molecule has 0 aliphatic carbocycles. The molecule has 21 heavy (non-hydrogen) atoms. The normalized spacial score (nSPS) is 24.3. The van der Waals surface area contributed by atoms with Crippen molar-refractivity contribution in [2.75, 3.05) is 13.1 Å². The van der Waals surface area contributed by atoms with E-state index in [9.17, 15) is 9.90 Å². The molecule has 2 unspecified atom stereocenters. The highest BCUT2D eigenvalue weighted by atomic mass is 16.5. The van der Waals surface area contributed by atoms with Gasteiger partial charge in [0.15, 0.2) is 6.10 Å². The van der Waals surface area contributed by atoms with Gasteiger partial charge in [0.1, 0.15) is 5.75 Å². The Morgan fingerprint density at radius 2 is 2.14 bits per heavy atom. The number of hydrogen-bond acceptors (Lipinski definition) is 3. The van der Waals surface area contributed by atoms with Crippen LogP contribution in [0.5, 0.6) is 5.75 Å². The van der Waals surface area contributed by atoms with Crippen molar-refractivity contribution in [2.24, 2.45) is 0 Å². The summed E-state index contributed by atoms with van der Waals surface area (Å²) >= 11 is 0. The van der Waals surface area contributed by atoms with Crippen LogP contribution in [-0.2, 0) is 4.79 Å². The van der Waals surface area contributed by atoms with Gasteiger partial charge in [0.25, 0.3) is 5.91 Å². The minimum atomic E-state index is -0.657. The summed E-state index contributed by atoms with van der Waals surface area (Å²) in [5.41, 5.74) is 0.452. The van der Waals surface area contributed by atoms with E-state index in [0.717, 1.165) is 24.2 Å². The average Bonchev–Trinajstić information content (AvgIpc) is 2.59. The van der Waals surface area contributed by atoms with Gasteiger partial charge in [-0.05, 0) is 57.7 Å². The quantitative estimate of drug-likeness (QED) is 0.931. The summed E-state index contributed by atoms with van der Waals surface area (Å²) in [6.07, 6.45) is 1.69. The number of aliphatic hydroxyl groups is 1. The van der Waals surface area contributed by atoms with E-state index in [1.165, 1.54) is 0 Å². The number of amides is 1. The van der Waals surface area contributed by atoms with Crippen LogP contribution in [0.3, 0.4) is 0 Å². The predicted octanol–water partition coefficient (Wildman–Crippen LogP) is 2.53. The lowest BCUT2D eigenvalue weighted by molar-refractivity contribution is -0.138. The third-order valence-electron chi connectivity index (χ3n) is 4.03. The molecule has 1 aromatic rings. The second-order valence-corrected chi connectivity index (χ2v) is 6.25. The van der Waals surface area contributed by atoms with Crippen LogP contribution in [0, 0.1) is 6.92 Å². The van der Waals surface area contributed by atoms with E-state index in [1.54, 1.807) is 6.92 Å². The number of carbonyl (C=O) groups is 1. The maximum Gasteiger partial charge on any atom is 0.263 e. The summed E-state index contributed by atoms with van der Waals surface area (Å²) in [4.78, 5) is 14.3. The minimum absolute atomic E-state index is 0.00536. The van der Waals surface area contributed by atoms with Crippen LogP contribution in [0.2, 0.25) is 0 Å². The van der Waals surface area contributed by atoms with Crippen LogP contribution in [-0.4, -0.2) is 40.7 Å². The molecule has 1 aliphatic rings. The Balaban J connectivity index is 1.96. The summed E-state index contributed by atoms with van der Waals surface area (Å²) in [7, 11) is 0. The highest BCUT2D eigenvalue weighted by Crippen LogP contribution is 2.22. The molecule has 1 amide bonds. The lowest BCUT2D eigenvalue weighted by Gasteiger charge is -2.25. The first-order chi connectivity index (χ1) is 9.87. The van der Waals surface area contributed by atoms with Gasteiger partial charge in [-0.1, -0.05) is 12.1 Å². The first-order valence-electron chi connectivity index (χ1n) is 7.62. The maximum absolute atomic E-state index is 12.5. The zero-order valence-corrected chi connectivity index (χ0v) is 13.1. The summed E-state index contributed by atoms with van der Waals surface area (Å²) in [5, 5.41) is 10.1. The molecule has 2 atom stereocenters. The zero-order chi connectivity index (χ0) is 15.5. The number of carbonyl (C=O) groups excluding carboxylic acids is 1. The van der Waals surface area contributed by atoms with Gasteiger partial charge in [-0.15, -0.1) is 0 Å². The van der Waals surface area contributed by atoms with Gasteiger partial charge >= 0.3 is 0 Å². The van der Waals surface area contributed by atoms with Crippen LogP contribution in [0.4, 0.5) is 0 Å². The van der Waals surface area contributed by atoms with Crippen molar-refractivity contribution < 1.29 is 14.6 Å². The predicted molar refractivity (Wildman–Crippen MR) is 82.3 cm³/mol. The van der Waals surface area contributed by atoms with Gasteiger partial charge in [-0.3, -0.25) is 4.79 Å². The van der Waals surface area contributed by atoms with Crippen molar-refractivity contribution in [3.8, 4) is 5.75 Å². The van der Waals surface area contributed by atoms with E-state index in [-0.39, 0.29) is 5.91 Å². The number of rotatable bonds is 3. The fraction of sp³-hybridized carbons (Fsp3) is 0.588.